The van der Waals surface area contributed by atoms with Crippen LogP contribution in [0.25, 0.3) is 22.3 Å². The molecule has 0 atom stereocenters. The fourth-order valence-corrected chi connectivity index (χ4v) is 4.11. The molecule has 1 saturated heterocycles. The normalized spacial score (nSPS) is 14.1. The van der Waals surface area contributed by atoms with Gasteiger partial charge in [0.25, 0.3) is 5.91 Å². The van der Waals surface area contributed by atoms with Crippen LogP contribution in [0.3, 0.4) is 0 Å². The Bertz CT molecular complexity index is 1230. The van der Waals surface area contributed by atoms with Crippen LogP contribution in [-0.4, -0.2) is 47.0 Å². The molecule has 0 N–H and O–H groups in total. The fourth-order valence-electron chi connectivity index (χ4n) is 4.11. The van der Waals surface area contributed by atoms with E-state index >= 15 is 0 Å². The van der Waals surface area contributed by atoms with Gasteiger partial charge in [0.1, 0.15) is 5.69 Å². The molecular weight excluding hydrogens is 384 g/mol. The van der Waals surface area contributed by atoms with Gasteiger partial charge < -0.3 is 9.80 Å². The van der Waals surface area contributed by atoms with Crippen molar-refractivity contribution in [3.05, 3.63) is 90.0 Å². The minimum absolute atomic E-state index is 0.102. The largest absolute Gasteiger partial charge is 0.351 e. The molecule has 0 saturated carbocycles. The monoisotopic (exact) mass is 408 g/mol. The van der Waals surface area contributed by atoms with E-state index in [1.165, 1.54) is 0 Å². The number of benzene rings is 3. The maximum Gasteiger partial charge on any atom is 0.254 e. The van der Waals surface area contributed by atoms with Gasteiger partial charge in [-0.3, -0.25) is 4.79 Å². The van der Waals surface area contributed by atoms with Crippen molar-refractivity contribution in [2.45, 2.75) is 6.92 Å². The number of hydrogen-bond donors (Lipinski definition) is 0. The summed E-state index contributed by atoms with van der Waals surface area (Å²) in [5.74, 6) is 0.985. The zero-order chi connectivity index (χ0) is 21.2. The van der Waals surface area contributed by atoms with Crippen LogP contribution in [0.1, 0.15) is 15.9 Å². The van der Waals surface area contributed by atoms with Gasteiger partial charge in [0, 0.05) is 37.3 Å². The van der Waals surface area contributed by atoms with E-state index in [1.54, 1.807) is 0 Å². The summed E-state index contributed by atoms with van der Waals surface area (Å²) in [7, 11) is 0. The van der Waals surface area contributed by atoms with E-state index in [9.17, 15) is 4.79 Å². The molecule has 0 aliphatic carbocycles. The van der Waals surface area contributed by atoms with E-state index < -0.39 is 0 Å². The summed E-state index contributed by atoms with van der Waals surface area (Å²) >= 11 is 0. The molecule has 0 unspecified atom stereocenters. The number of aromatic nitrogens is 2. The number of rotatable bonds is 3. The Morgan fingerprint density at radius 2 is 1.35 bits per heavy atom. The van der Waals surface area contributed by atoms with E-state index in [-0.39, 0.29) is 5.91 Å². The lowest BCUT2D eigenvalue weighted by Crippen LogP contribution is -2.49. The predicted octanol–water partition coefficient (Wildman–Crippen LogP) is 4.57. The Morgan fingerprint density at radius 3 is 2.06 bits per heavy atom. The molecule has 0 bridgehead atoms. The Hall–Kier alpha value is -3.73. The van der Waals surface area contributed by atoms with Crippen LogP contribution >= 0.6 is 0 Å². The van der Waals surface area contributed by atoms with Crippen LogP contribution in [0.2, 0.25) is 0 Å². The number of fused-ring (bicyclic) bond motifs is 1. The molecule has 2 heterocycles. The second-order valence-corrected chi connectivity index (χ2v) is 7.84. The second kappa shape index (κ2) is 8.19. The maximum atomic E-state index is 13.0. The van der Waals surface area contributed by atoms with Gasteiger partial charge in [0.15, 0.2) is 5.82 Å². The van der Waals surface area contributed by atoms with Crippen molar-refractivity contribution in [3.8, 4) is 11.3 Å². The highest BCUT2D eigenvalue weighted by Crippen LogP contribution is 2.30. The van der Waals surface area contributed by atoms with Crippen LogP contribution in [0.4, 0.5) is 5.82 Å². The minimum Gasteiger partial charge on any atom is -0.351 e. The van der Waals surface area contributed by atoms with Crippen molar-refractivity contribution in [1.29, 1.82) is 0 Å². The molecule has 1 amide bonds. The zero-order valence-corrected chi connectivity index (χ0v) is 17.5. The number of carbonyl (C=O) groups is 1. The van der Waals surface area contributed by atoms with Gasteiger partial charge in [-0.05, 0) is 30.7 Å². The Labute approximate surface area is 182 Å². The van der Waals surface area contributed by atoms with E-state index in [0.29, 0.717) is 13.1 Å². The van der Waals surface area contributed by atoms with Gasteiger partial charge in [0.2, 0.25) is 0 Å². The molecule has 4 aromatic rings. The molecule has 5 heteroatoms. The standard InChI is InChI=1S/C26H24N4O/c1-19-9-5-6-12-21(19)26(31)30-17-15-29(16-18-30)25-24(20-10-3-2-4-11-20)27-22-13-7-8-14-23(22)28-25/h2-14H,15-18H2,1H3. The highest BCUT2D eigenvalue weighted by atomic mass is 16.2. The first-order valence-electron chi connectivity index (χ1n) is 10.6. The molecule has 1 fully saturated rings. The Morgan fingerprint density at radius 1 is 0.742 bits per heavy atom. The van der Waals surface area contributed by atoms with E-state index in [2.05, 4.69) is 17.0 Å². The van der Waals surface area contributed by atoms with Crippen molar-refractivity contribution >= 4 is 22.8 Å². The molecular formula is C26H24N4O. The van der Waals surface area contributed by atoms with Crippen molar-refractivity contribution in [2.75, 3.05) is 31.1 Å². The molecule has 3 aromatic carbocycles. The Balaban J connectivity index is 1.44. The van der Waals surface area contributed by atoms with Gasteiger partial charge >= 0.3 is 0 Å². The molecule has 0 spiro atoms. The molecule has 1 aliphatic heterocycles. The molecule has 31 heavy (non-hydrogen) atoms. The van der Waals surface area contributed by atoms with Crippen molar-refractivity contribution < 1.29 is 4.79 Å². The highest BCUT2D eigenvalue weighted by molar-refractivity contribution is 5.95. The lowest BCUT2D eigenvalue weighted by atomic mass is 10.1. The van der Waals surface area contributed by atoms with E-state index in [0.717, 1.165) is 52.3 Å². The topological polar surface area (TPSA) is 49.3 Å². The lowest BCUT2D eigenvalue weighted by molar-refractivity contribution is 0.0746. The third-order valence-electron chi connectivity index (χ3n) is 5.84. The average molecular weight is 409 g/mol. The highest BCUT2D eigenvalue weighted by Gasteiger charge is 2.26. The predicted molar refractivity (Wildman–Crippen MR) is 124 cm³/mol. The number of piperazine rings is 1. The zero-order valence-electron chi connectivity index (χ0n) is 17.5. The minimum atomic E-state index is 0.102. The summed E-state index contributed by atoms with van der Waals surface area (Å²) < 4.78 is 0. The molecule has 5 rings (SSSR count). The third-order valence-corrected chi connectivity index (χ3v) is 5.84. The lowest BCUT2D eigenvalue weighted by Gasteiger charge is -2.36. The smallest absolute Gasteiger partial charge is 0.254 e. The Kier molecular flexibility index (Phi) is 5.08. The van der Waals surface area contributed by atoms with Crippen LogP contribution in [0.15, 0.2) is 78.9 Å². The van der Waals surface area contributed by atoms with E-state index in [1.807, 2.05) is 78.6 Å². The number of para-hydroxylation sites is 2. The van der Waals surface area contributed by atoms with Gasteiger partial charge in [-0.15, -0.1) is 0 Å². The van der Waals surface area contributed by atoms with Crippen LogP contribution in [0, 0.1) is 6.92 Å². The fraction of sp³-hybridized carbons (Fsp3) is 0.192. The number of aryl methyl sites for hydroxylation is 1. The summed E-state index contributed by atoms with van der Waals surface area (Å²) in [6, 6.07) is 25.9. The second-order valence-electron chi connectivity index (χ2n) is 7.84. The van der Waals surface area contributed by atoms with Crippen LogP contribution in [-0.2, 0) is 0 Å². The number of nitrogens with zero attached hydrogens (tertiary/aromatic N) is 4. The van der Waals surface area contributed by atoms with Gasteiger partial charge in [-0.25, -0.2) is 9.97 Å². The van der Waals surface area contributed by atoms with Crippen molar-refractivity contribution in [3.63, 3.8) is 0 Å². The quantitative estimate of drug-likeness (QED) is 0.498. The molecule has 1 aromatic heterocycles. The summed E-state index contributed by atoms with van der Waals surface area (Å²) in [6.45, 7) is 4.76. The summed E-state index contributed by atoms with van der Waals surface area (Å²) in [4.78, 5) is 27.1. The van der Waals surface area contributed by atoms with Gasteiger partial charge in [-0.2, -0.15) is 0 Å². The van der Waals surface area contributed by atoms with Crippen molar-refractivity contribution in [1.82, 2.24) is 14.9 Å². The molecule has 154 valence electrons. The first kappa shape index (κ1) is 19.2. The average Bonchev–Trinajstić information content (AvgIpc) is 2.84. The summed E-state index contributed by atoms with van der Waals surface area (Å²) in [5, 5.41) is 0. The third kappa shape index (κ3) is 3.75. The number of amides is 1. The number of hydrogen-bond acceptors (Lipinski definition) is 4. The molecule has 5 nitrogen and oxygen atoms in total. The molecule has 1 aliphatic rings. The van der Waals surface area contributed by atoms with Crippen molar-refractivity contribution in [2.24, 2.45) is 0 Å². The summed E-state index contributed by atoms with van der Waals surface area (Å²) in [6.07, 6.45) is 0. The summed E-state index contributed by atoms with van der Waals surface area (Å²) in [5.41, 5.74) is 5.51. The van der Waals surface area contributed by atoms with E-state index in [4.69, 9.17) is 9.97 Å². The van der Waals surface area contributed by atoms with Crippen LogP contribution in [0.5, 0.6) is 0 Å². The number of anilines is 1. The van der Waals surface area contributed by atoms with Gasteiger partial charge in [-0.1, -0.05) is 60.7 Å². The number of carbonyl (C=O) groups excluding carboxylic acids is 1. The SMILES string of the molecule is Cc1ccccc1C(=O)N1CCN(c2nc3ccccc3nc2-c2ccccc2)CC1. The van der Waals surface area contributed by atoms with Crippen LogP contribution < -0.4 is 4.90 Å². The molecule has 0 radical (unpaired) electrons. The van der Waals surface area contributed by atoms with Gasteiger partial charge in [0.05, 0.1) is 11.0 Å². The maximum absolute atomic E-state index is 13.0. The first-order valence-corrected chi connectivity index (χ1v) is 10.6. The first-order chi connectivity index (χ1) is 15.2.